The second-order valence-corrected chi connectivity index (χ2v) is 37.1. The standard InChI is InChI=1S/C9H7.C8H6N.2CH3.2ClH.H2Si.Zr/c1-2-5-9-7-3-6-8(9)4-1;1-2-4-8-7(3-1)5-6-9-8;;;;;;/h1-7H;1-5,9H;2*1H3;2*1H;1H2;. The monoisotopic (exact) mass is 453 g/mol. The molecular weight excluding hydrogens is 432 g/mol. The zero-order valence-electron chi connectivity index (χ0n) is 14.0. The molecule has 0 bridgehead atoms. The molecule has 0 fully saturated rings. The Morgan fingerprint density at radius 3 is 2.38 bits per heavy atom. The normalized spacial score (nSPS) is 16.4. The molecule has 0 amide bonds. The quantitative estimate of drug-likeness (QED) is 0.538. The van der Waals surface area contributed by atoms with Gasteiger partial charge in [0.05, 0.1) is 0 Å². The number of aromatic nitrogens is 1. The molecule has 126 valence electrons. The Bertz CT molecular complexity index is 951. The molecule has 1 heterocycles. The molecule has 1 unspecified atom stereocenters. The van der Waals surface area contributed by atoms with Crippen LogP contribution in [0.25, 0.3) is 17.0 Å². The molecule has 1 nitrogen and oxygen atoms in total. The average Bonchev–Trinajstić information content (AvgIpc) is 3.12. The van der Waals surface area contributed by atoms with Crippen LogP contribution >= 0.6 is 24.8 Å². The first-order valence-corrected chi connectivity index (χ1v) is 21.4. The van der Waals surface area contributed by atoms with Crippen molar-refractivity contribution in [3.63, 3.8) is 0 Å². The van der Waals surface area contributed by atoms with Crippen LogP contribution in [0.3, 0.4) is 0 Å². The molecule has 0 saturated heterocycles. The summed E-state index contributed by atoms with van der Waals surface area (Å²) in [5.41, 5.74) is 4.19. The van der Waals surface area contributed by atoms with E-state index in [9.17, 15) is 0 Å². The second-order valence-electron chi connectivity index (χ2n) is 7.55. The summed E-state index contributed by atoms with van der Waals surface area (Å²) in [5, 5.41) is 1.34. The predicted octanol–water partition coefficient (Wildman–Crippen LogP) is 4.74. The number of aromatic amines is 1. The number of halogens is 2. The first-order valence-electron chi connectivity index (χ1n) is 7.87. The van der Waals surface area contributed by atoms with Crippen LogP contribution < -0.4 is 3.40 Å². The van der Waals surface area contributed by atoms with Crippen LogP contribution in [0, 0.1) is 0 Å². The molecular formula is C19H23Cl2NSiZr. The van der Waals surface area contributed by atoms with Crippen molar-refractivity contribution in [3.05, 3.63) is 71.8 Å². The number of hydrogen-bond acceptors (Lipinski definition) is 0. The van der Waals surface area contributed by atoms with Gasteiger partial charge in [-0.2, -0.15) is 0 Å². The van der Waals surface area contributed by atoms with Crippen LogP contribution in [0.15, 0.2) is 60.7 Å². The fourth-order valence-electron chi connectivity index (χ4n) is 3.74. The molecule has 1 aliphatic carbocycles. The summed E-state index contributed by atoms with van der Waals surface area (Å²) in [5.74, 6) is 0. The summed E-state index contributed by atoms with van der Waals surface area (Å²) in [6, 6.07) is 19.9. The number of H-pyrrole nitrogens is 1. The summed E-state index contributed by atoms with van der Waals surface area (Å²) in [6.45, 7) is 2.30. The third-order valence-electron chi connectivity index (χ3n) is 5.21. The van der Waals surface area contributed by atoms with E-state index >= 15 is 0 Å². The van der Waals surface area contributed by atoms with Crippen molar-refractivity contribution in [2.45, 2.75) is 12.9 Å². The zero-order chi connectivity index (χ0) is 15.4. The fraction of sp³-hybridized carbons (Fsp3) is 0.158. The van der Waals surface area contributed by atoms with Crippen molar-refractivity contribution >= 4 is 52.1 Å². The number of allylic oxidation sites excluding steroid dienone is 1. The van der Waals surface area contributed by atoms with Crippen molar-refractivity contribution in [2.75, 3.05) is 0 Å². The Morgan fingerprint density at radius 1 is 0.958 bits per heavy atom. The second kappa shape index (κ2) is 6.61. The summed E-state index contributed by atoms with van der Waals surface area (Å²) >= 11 is -3.11. The number of para-hydroxylation sites is 1. The molecule has 1 aromatic heterocycles. The minimum absolute atomic E-state index is 0. The van der Waals surface area contributed by atoms with E-state index in [-0.39, 0.29) is 24.8 Å². The Morgan fingerprint density at radius 2 is 1.62 bits per heavy atom. The number of fused-ring (bicyclic) bond motifs is 2. The van der Waals surface area contributed by atoms with Gasteiger partial charge in [-0.05, 0) is 0 Å². The Kier molecular flexibility index (Phi) is 5.43. The third-order valence-corrected chi connectivity index (χ3v) is 21.2. The molecule has 1 N–H and O–H groups in total. The van der Waals surface area contributed by atoms with E-state index < -0.39 is 17.4 Å². The molecule has 3 aromatic rings. The molecule has 4 rings (SSSR count). The van der Waals surface area contributed by atoms with E-state index in [2.05, 4.69) is 87.9 Å². The van der Waals surface area contributed by atoms with E-state index in [0.717, 1.165) is 0 Å². The molecule has 5 heteroatoms. The Hall–Kier alpha value is -0.600. The maximum absolute atomic E-state index is 3.75. The molecule has 0 radical (unpaired) electrons. The molecule has 2 aromatic carbocycles. The average molecular weight is 456 g/mol. The van der Waals surface area contributed by atoms with Crippen molar-refractivity contribution in [1.82, 2.24) is 4.98 Å². The summed E-state index contributed by atoms with van der Waals surface area (Å²) < 4.78 is 7.24. The predicted molar refractivity (Wildman–Crippen MR) is 111 cm³/mol. The Labute approximate surface area is 158 Å². The third kappa shape index (κ3) is 3.01. The number of benzene rings is 2. The van der Waals surface area contributed by atoms with E-state index in [1.165, 1.54) is 25.4 Å². The van der Waals surface area contributed by atoms with Gasteiger partial charge in [-0.3, -0.25) is 0 Å². The molecule has 0 aliphatic heterocycles. The van der Waals surface area contributed by atoms with Gasteiger partial charge in [0.25, 0.3) is 0 Å². The van der Waals surface area contributed by atoms with Crippen molar-refractivity contribution in [1.29, 1.82) is 0 Å². The zero-order valence-corrected chi connectivity index (χ0v) is 19.5. The summed E-state index contributed by atoms with van der Waals surface area (Å²) in [6.07, 6.45) is 4.77. The topological polar surface area (TPSA) is 15.8 Å². The maximum atomic E-state index is 3.75. The van der Waals surface area contributed by atoms with Gasteiger partial charge < -0.3 is 0 Å². The molecule has 1 aliphatic rings. The van der Waals surface area contributed by atoms with E-state index in [1.54, 1.807) is 0 Å². The number of hydrogen-bond donors (Lipinski definition) is 1. The van der Waals surface area contributed by atoms with Crippen molar-refractivity contribution < 1.29 is 17.4 Å². The van der Waals surface area contributed by atoms with Gasteiger partial charge in [0.2, 0.25) is 0 Å². The van der Waals surface area contributed by atoms with Gasteiger partial charge in [-0.15, -0.1) is 24.8 Å². The van der Waals surface area contributed by atoms with E-state index in [4.69, 9.17) is 0 Å². The first-order chi connectivity index (χ1) is 10.4. The molecule has 0 saturated carbocycles. The van der Waals surface area contributed by atoms with Gasteiger partial charge in [-0.1, -0.05) is 0 Å². The van der Waals surface area contributed by atoms with Crippen LogP contribution in [-0.2, 0) is 17.4 Å². The molecule has 24 heavy (non-hydrogen) atoms. The van der Waals surface area contributed by atoms with Gasteiger partial charge in [0.15, 0.2) is 0 Å². The first kappa shape index (κ1) is 19.7. The summed E-state index contributed by atoms with van der Waals surface area (Å²) in [4.78, 5) is 3.75. The van der Waals surface area contributed by atoms with E-state index in [1.807, 2.05) is 0 Å². The van der Waals surface area contributed by atoms with Crippen LogP contribution in [0.1, 0.15) is 14.8 Å². The number of rotatable bonds is 2. The van der Waals surface area contributed by atoms with Crippen molar-refractivity contribution in [3.8, 4) is 0 Å². The van der Waals surface area contributed by atoms with Crippen LogP contribution in [0.4, 0.5) is 0 Å². The van der Waals surface area contributed by atoms with Crippen LogP contribution in [-0.4, -0.2) is 11.9 Å². The van der Waals surface area contributed by atoms with Gasteiger partial charge in [0.1, 0.15) is 0 Å². The minimum atomic E-state index is -3.11. The van der Waals surface area contributed by atoms with E-state index in [0.29, 0.717) is 3.63 Å². The summed E-state index contributed by atoms with van der Waals surface area (Å²) in [7, 11) is 0. The van der Waals surface area contributed by atoms with Gasteiger partial charge in [0, 0.05) is 0 Å². The van der Waals surface area contributed by atoms with Crippen molar-refractivity contribution in [2.24, 2.45) is 0 Å². The Balaban J connectivity index is 0.00000104. The van der Waals surface area contributed by atoms with Crippen LogP contribution in [0.2, 0.25) is 9.26 Å². The van der Waals surface area contributed by atoms with Gasteiger partial charge in [-0.25, -0.2) is 0 Å². The molecule has 0 spiro atoms. The van der Waals surface area contributed by atoms with Gasteiger partial charge >= 0.3 is 134 Å². The SMILES string of the molecule is Cl.Cl.[CH3][Zr]([CH3])(=[SiH2])([c]1cc2ccccc2[nH]1)[CH]1C=Cc2ccccc21. The fourth-order valence-corrected chi connectivity index (χ4v) is 15.5. The molecule has 1 atom stereocenters. The van der Waals surface area contributed by atoms with Crippen LogP contribution in [0.5, 0.6) is 0 Å². The number of nitrogens with one attached hydrogen (secondary N) is 1.